The molecule has 1 rings (SSSR count). The van der Waals surface area contributed by atoms with Gasteiger partial charge in [0.05, 0.1) is 19.1 Å². The largest absolute Gasteiger partial charge is 0.481 e. The lowest BCUT2D eigenvalue weighted by molar-refractivity contribution is -0.141. The molecule has 1 unspecified atom stereocenters. The van der Waals surface area contributed by atoms with Gasteiger partial charge < -0.3 is 20.5 Å². The number of rotatable bonds is 7. The van der Waals surface area contributed by atoms with Crippen LogP contribution in [0, 0.1) is 5.41 Å². The zero-order valence-corrected chi connectivity index (χ0v) is 11.0. The van der Waals surface area contributed by atoms with Crippen LogP contribution in [-0.2, 0) is 9.53 Å². The third-order valence-corrected chi connectivity index (χ3v) is 3.36. The van der Waals surface area contributed by atoms with Gasteiger partial charge in [-0.25, -0.2) is 4.79 Å². The molecule has 6 nitrogen and oxygen atoms in total. The lowest BCUT2D eigenvalue weighted by atomic mass is 9.66. The average molecular weight is 258 g/mol. The van der Waals surface area contributed by atoms with Gasteiger partial charge in [-0.15, -0.1) is 0 Å². The van der Waals surface area contributed by atoms with Gasteiger partial charge in [0.1, 0.15) is 0 Å². The molecule has 0 bridgehead atoms. The first-order chi connectivity index (χ1) is 8.47. The summed E-state index contributed by atoms with van der Waals surface area (Å²) < 4.78 is 4.91. The standard InChI is InChI=1S/C12H22N2O4/c1-9(7-18-2)14-11(17)13-8-12(4-3-5-12)6-10(15)16/h9H,3-8H2,1-2H3,(H,15,16)(H2,13,14,17). The molecule has 0 saturated heterocycles. The van der Waals surface area contributed by atoms with E-state index < -0.39 is 5.97 Å². The second-order valence-corrected chi connectivity index (χ2v) is 5.11. The number of nitrogens with one attached hydrogen (secondary N) is 2. The quantitative estimate of drug-likeness (QED) is 0.635. The zero-order chi connectivity index (χ0) is 13.6. The Kier molecular flexibility index (Phi) is 5.40. The molecule has 0 heterocycles. The Hall–Kier alpha value is -1.30. The van der Waals surface area contributed by atoms with Gasteiger partial charge >= 0.3 is 12.0 Å². The summed E-state index contributed by atoms with van der Waals surface area (Å²) >= 11 is 0. The van der Waals surface area contributed by atoms with Crippen molar-refractivity contribution in [1.29, 1.82) is 0 Å². The Labute approximate surface area is 107 Å². The summed E-state index contributed by atoms with van der Waals surface area (Å²) in [5.74, 6) is -0.801. The van der Waals surface area contributed by atoms with Crippen molar-refractivity contribution in [3.63, 3.8) is 0 Å². The normalized spacial score (nSPS) is 18.6. The average Bonchev–Trinajstić information content (AvgIpc) is 2.21. The SMILES string of the molecule is COCC(C)NC(=O)NCC1(CC(=O)O)CCC1. The first-order valence-corrected chi connectivity index (χ1v) is 6.22. The Morgan fingerprint density at radius 1 is 1.44 bits per heavy atom. The van der Waals surface area contributed by atoms with E-state index in [0.29, 0.717) is 13.2 Å². The molecular weight excluding hydrogens is 236 g/mol. The Morgan fingerprint density at radius 2 is 2.11 bits per heavy atom. The van der Waals surface area contributed by atoms with Gasteiger partial charge in [0.2, 0.25) is 0 Å². The van der Waals surface area contributed by atoms with Crippen LogP contribution in [-0.4, -0.2) is 43.4 Å². The molecule has 18 heavy (non-hydrogen) atoms. The number of hydrogen-bond donors (Lipinski definition) is 3. The van der Waals surface area contributed by atoms with Gasteiger partial charge in [0, 0.05) is 13.7 Å². The van der Waals surface area contributed by atoms with E-state index in [2.05, 4.69) is 10.6 Å². The van der Waals surface area contributed by atoms with Crippen LogP contribution in [0.2, 0.25) is 0 Å². The van der Waals surface area contributed by atoms with Crippen LogP contribution in [0.1, 0.15) is 32.6 Å². The fourth-order valence-corrected chi connectivity index (χ4v) is 2.25. The van der Waals surface area contributed by atoms with Crippen LogP contribution < -0.4 is 10.6 Å². The molecule has 1 saturated carbocycles. The molecule has 0 aromatic carbocycles. The Bertz CT molecular complexity index is 302. The molecule has 0 aliphatic heterocycles. The third kappa shape index (κ3) is 4.52. The number of urea groups is 1. The summed E-state index contributed by atoms with van der Waals surface area (Å²) in [6, 6.07) is -0.331. The summed E-state index contributed by atoms with van der Waals surface area (Å²) in [5.41, 5.74) is -0.242. The molecule has 3 N–H and O–H groups in total. The molecule has 6 heteroatoms. The topological polar surface area (TPSA) is 87.7 Å². The van der Waals surface area contributed by atoms with Crippen molar-refractivity contribution < 1.29 is 19.4 Å². The van der Waals surface area contributed by atoms with Crippen molar-refractivity contribution in [1.82, 2.24) is 10.6 Å². The molecule has 1 aliphatic rings. The molecule has 0 radical (unpaired) electrons. The Morgan fingerprint density at radius 3 is 2.56 bits per heavy atom. The maximum atomic E-state index is 11.6. The third-order valence-electron chi connectivity index (χ3n) is 3.36. The van der Waals surface area contributed by atoms with Crippen molar-refractivity contribution in [2.24, 2.45) is 5.41 Å². The molecule has 0 aromatic rings. The van der Waals surface area contributed by atoms with Crippen LogP contribution in [0.5, 0.6) is 0 Å². The van der Waals surface area contributed by atoms with Crippen LogP contribution in [0.3, 0.4) is 0 Å². The first kappa shape index (κ1) is 14.8. The number of carbonyl (C=O) groups is 2. The van der Waals surface area contributed by atoms with Gasteiger partial charge in [0.25, 0.3) is 0 Å². The zero-order valence-electron chi connectivity index (χ0n) is 11.0. The monoisotopic (exact) mass is 258 g/mol. The van der Waals surface area contributed by atoms with Gasteiger partial charge in [0.15, 0.2) is 0 Å². The smallest absolute Gasteiger partial charge is 0.315 e. The van der Waals surface area contributed by atoms with Gasteiger partial charge in [-0.1, -0.05) is 6.42 Å². The molecule has 0 spiro atoms. The predicted molar refractivity (Wildman–Crippen MR) is 66.4 cm³/mol. The van der Waals surface area contributed by atoms with Crippen molar-refractivity contribution >= 4 is 12.0 Å². The van der Waals surface area contributed by atoms with E-state index in [9.17, 15) is 9.59 Å². The van der Waals surface area contributed by atoms with E-state index in [4.69, 9.17) is 9.84 Å². The number of ether oxygens (including phenoxy) is 1. The molecule has 104 valence electrons. The number of carbonyl (C=O) groups excluding carboxylic acids is 1. The lowest BCUT2D eigenvalue weighted by Crippen LogP contribution is -2.49. The molecule has 2 amide bonds. The molecule has 1 fully saturated rings. The lowest BCUT2D eigenvalue weighted by Gasteiger charge is -2.40. The summed E-state index contributed by atoms with van der Waals surface area (Å²) in [6.07, 6.45) is 2.90. The number of methoxy groups -OCH3 is 1. The number of amides is 2. The molecule has 1 aliphatic carbocycles. The number of carboxylic acid groups (broad SMARTS) is 1. The second kappa shape index (κ2) is 6.58. The van der Waals surface area contributed by atoms with Gasteiger partial charge in [-0.2, -0.15) is 0 Å². The van der Waals surface area contributed by atoms with Crippen molar-refractivity contribution in [2.75, 3.05) is 20.3 Å². The maximum Gasteiger partial charge on any atom is 0.315 e. The number of hydrogen-bond acceptors (Lipinski definition) is 3. The van der Waals surface area contributed by atoms with E-state index in [1.54, 1.807) is 7.11 Å². The van der Waals surface area contributed by atoms with Gasteiger partial charge in [-0.05, 0) is 25.2 Å². The summed E-state index contributed by atoms with van der Waals surface area (Å²) in [5, 5.41) is 14.3. The highest BCUT2D eigenvalue weighted by molar-refractivity contribution is 5.74. The van der Waals surface area contributed by atoms with Crippen LogP contribution in [0.15, 0.2) is 0 Å². The maximum absolute atomic E-state index is 11.6. The minimum Gasteiger partial charge on any atom is -0.481 e. The fourth-order valence-electron chi connectivity index (χ4n) is 2.25. The second-order valence-electron chi connectivity index (χ2n) is 5.11. The molecule has 0 aromatic heterocycles. The van der Waals surface area contributed by atoms with E-state index in [1.807, 2.05) is 6.92 Å². The van der Waals surface area contributed by atoms with E-state index in [0.717, 1.165) is 19.3 Å². The minimum atomic E-state index is -0.801. The summed E-state index contributed by atoms with van der Waals surface area (Å²) in [6.45, 7) is 2.72. The summed E-state index contributed by atoms with van der Waals surface area (Å²) in [7, 11) is 1.58. The molecular formula is C12H22N2O4. The first-order valence-electron chi connectivity index (χ1n) is 6.22. The van der Waals surface area contributed by atoms with E-state index in [1.165, 1.54) is 0 Å². The van der Waals surface area contributed by atoms with E-state index >= 15 is 0 Å². The van der Waals surface area contributed by atoms with Crippen LogP contribution >= 0.6 is 0 Å². The van der Waals surface area contributed by atoms with Crippen molar-refractivity contribution in [3.8, 4) is 0 Å². The number of aliphatic carboxylic acids is 1. The highest BCUT2D eigenvalue weighted by Gasteiger charge is 2.39. The van der Waals surface area contributed by atoms with Gasteiger partial charge in [-0.3, -0.25) is 4.79 Å². The van der Waals surface area contributed by atoms with Crippen molar-refractivity contribution in [2.45, 2.75) is 38.6 Å². The highest BCUT2D eigenvalue weighted by atomic mass is 16.5. The van der Waals surface area contributed by atoms with E-state index in [-0.39, 0.29) is 23.9 Å². The Balaban J connectivity index is 2.30. The van der Waals surface area contributed by atoms with Crippen LogP contribution in [0.25, 0.3) is 0 Å². The summed E-state index contributed by atoms with van der Waals surface area (Å²) in [4.78, 5) is 22.3. The minimum absolute atomic E-state index is 0.0631. The van der Waals surface area contributed by atoms with Crippen LogP contribution in [0.4, 0.5) is 4.79 Å². The molecule has 1 atom stereocenters. The van der Waals surface area contributed by atoms with Crippen molar-refractivity contribution in [3.05, 3.63) is 0 Å². The highest BCUT2D eigenvalue weighted by Crippen LogP contribution is 2.43. The predicted octanol–water partition coefficient (Wildman–Crippen LogP) is 0.965. The fraction of sp³-hybridized carbons (Fsp3) is 0.833. The number of carboxylic acids is 1.